The molecule has 7 nitrogen and oxygen atoms in total. The van der Waals surface area contributed by atoms with Crippen molar-refractivity contribution in [3.63, 3.8) is 0 Å². The quantitative estimate of drug-likeness (QED) is 0.462. The van der Waals surface area contributed by atoms with E-state index in [4.69, 9.17) is 17.0 Å². The van der Waals surface area contributed by atoms with Gasteiger partial charge in [0.05, 0.1) is 18.3 Å². The van der Waals surface area contributed by atoms with E-state index in [2.05, 4.69) is 49.5 Å². The van der Waals surface area contributed by atoms with E-state index in [0.717, 1.165) is 34.9 Å². The van der Waals surface area contributed by atoms with Gasteiger partial charge in [-0.15, -0.1) is 0 Å². The molecule has 4 rings (SSSR count). The monoisotopic (exact) mass is 477 g/mol. The number of nitrogens with one attached hydrogen (secondary N) is 2. The van der Waals surface area contributed by atoms with Gasteiger partial charge in [0.15, 0.2) is 5.11 Å². The van der Waals surface area contributed by atoms with Gasteiger partial charge in [-0.05, 0) is 67.2 Å². The van der Waals surface area contributed by atoms with Crippen molar-refractivity contribution >= 4 is 34.6 Å². The molecule has 2 N–H and O–H groups in total. The second-order valence-electron chi connectivity index (χ2n) is 8.76. The fourth-order valence-corrected chi connectivity index (χ4v) is 4.58. The standard InChI is InChI=1S/C26H31N5O2S/c1-17(2)25(32)28-20-11-10-19(16-18(20)3)31-24(22-9-7-13-30(22)14-15-33-4)23(29-26(31)34)21-8-5-6-12-27-21/h5-13,16-17,23-24H,14-15H2,1-4H3,(H,28,32)(H,29,34)/t23-,24+/m1/s1. The number of carbonyl (C=O) groups excluding carboxylic acids is 1. The van der Waals surface area contributed by atoms with E-state index in [-0.39, 0.29) is 23.9 Å². The number of hydrogen-bond donors (Lipinski definition) is 2. The van der Waals surface area contributed by atoms with Crippen molar-refractivity contribution in [2.45, 2.75) is 39.4 Å². The highest BCUT2D eigenvalue weighted by Crippen LogP contribution is 2.42. The van der Waals surface area contributed by atoms with Crippen molar-refractivity contribution in [1.82, 2.24) is 14.9 Å². The summed E-state index contributed by atoms with van der Waals surface area (Å²) in [6.07, 6.45) is 3.87. The van der Waals surface area contributed by atoms with Crippen molar-refractivity contribution in [2.75, 3.05) is 23.9 Å². The first-order valence-corrected chi connectivity index (χ1v) is 11.9. The number of aromatic nitrogens is 2. The summed E-state index contributed by atoms with van der Waals surface area (Å²) in [5.41, 5.74) is 4.79. The van der Waals surface area contributed by atoms with Crippen LogP contribution in [0.2, 0.25) is 0 Å². The summed E-state index contributed by atoms with van der Waals surface area (Å²) in [5.74, 6) is -0.0869. The lowest BCUT2D eigenvalue weighted by Crippen LogP contribution is -2.30. The van der Waals surface area contributed by atoms with Gasteiger partial charge in [0.2, 0.25) is 5.91 Å². The molecule has 0 saturated carbocycles. The summed E-state index contributed by atoms with van der Waals surface area (Å²) in [5, 5.41) is 7.15. The molecule has 0 aliphatic carbocycles. The Morgan fingerprint density at radius 2 is 2.06 bits per heavy atom. The Balaban J connectivity index is 1.74. The molecule has 3 heterocycles. The van der Waals surface area contributed by atoms with Crippen LogP contribution in [0.4, 0.5) is 11.4 Å². The maximum Gasteiger partial charge on any atom is 0.226 e. The van der Waals surface area contributed by atoms with Crippen LogP contribution >= 0.6 is 12.2 Å². The highest BCUT2D eigenvalue weighted by atomic mass is 32.1. The van der Waals surface area contributed by atoms with Gasteiger partial charge in [-0.2, -0.15) is 0 Å². The minimum absolute atomic E-state index is 0.00160. The van der Waals surface area contributed by atoms with Crippen LogP contribution in [0.5, 0.6) is 0 Å². The van der Waals surface area contributed by atoms with Crippen molar-refractivity contribution in [3.05, 3.63) is 77.9 Å². The van der Waals surface area contributed by atoms with Crippen LogP contribution in [0.25, 0.3) is 0 Å². The van der Waals surface area contributed by atoms with E-state index in [1.165, 1.54) is 0 Å². The number of rotatable bonds is 8. The number of pyridine rings is 1. The zero-order valence-corrected chi connectivity index (χ0v) is 20.8. The number of thiocarbonyl (C=S) groups is 1. The molecule has 0 unspecified atom stereocenters. The Morgan fingerprint density at radius 3 is 2.74 bits per heavy atom. The lowest BCUT2D eigenvalue weighted by molar-refractivity contribution is -0.118. The van der Waals surface area contributed by atoms with Gasteiger partial charge in [0.1, 0.15) is 6.04 Å². The SMILES string of the molecule is COCCn1cccc1[C@H]1[C@@H](c2ccccn2)NC(=S)N1c1ccc(NC(=O)C(C)C)c(C)c1. The summed E-state index contributed by atoms with van der Waals surface area (Å²) >= 11 is 5.84. The van der Waals surface area contributed by atoms with E-state index in [1.54, 1.807) is 13.3 Å². The van der Waals surface area contributed by atoms with Crippen molar-refractivity contribution in [3.8, 4) is 0 Å². The van der Waals surface area contributed by atoms with Gasteiger partial charge in [0.25, 0.3) is 0 Å². The lowest BCUT2D eigenvalue weighted by atomic mass is 10.0. The number of hydrogen-bond acceptors (Lipinski definition) is 4. The lowest BCUT2D eigenvalue weighted by Gasteiger charge is -2.29. The Bertz CT molecular complexity index is 1160. The average molecular weight is 478 g/mol. The molecule has 1 fully saturated rings. The van der Waals surface area contributed by atoms with Crippen molar-refractivity contribution in [2.24, 2.45) is 5.92 Å². The number of ether oxygens (including phenoxy) is 1. The van der Waals surface area contributed by atoms with E-state index in [1.807, 2.05) is 51.1 Å². The molecule has 34 heavy (non-hydrogen) atoms. The van der Waals surface area contributed by atoms with Crippen LogP contribution in [0.3, 0.4) is 0 Å². The topological polar surface area (TPSA) is 71.4 Å². The second kappa shape index (κ2) is 10.4. The van der Waals surface area contributed by atoms with Gasteiger partial charge in [0, 0.05) is 49.0 Å². The number of benzene rings is 1. The van der Waals surface area contributed by atoms with Crippen LogP contribution in [-0.4, -0.2) is 34.3 Å². The van der Waals surface area contributed by atoms with Crippen molar-refractivity contribution < 1.29 is 9.53 Å². The summed E-state index contributed by atoms with van der Waals surface area (Å²) in [6.45, 7) is 7.12. The Morgan fingerprint density at radius 1 is 1.24 bits per heavy atom. The number of aryl methyl sites for hydroxylation is 1. The predicted molar refractivity (Wildman–Crippen MR) is 139 cm³/mol. The minimum atomic E-state index is -0.120. The fraction of sp³-hybridized carbons (Fsp3) is 0.346. The van der Waals surface area contributed by atoms with Crippen LogP contribution < -0.4 is 15.5 Å². The zero-order valence-electron chi connectivity index (χ0n) is 20.0. The van der Waals surface area contributed by atoms with Crippen LogP contribution in [0.1, 0.15) is 42.9 Å². The van der Waals surface area contributed by atoms with Gasteiger partial charge in [-0.1, -0.05) is 19.9 Å². The molecule has 0 bridgehead atoms. The van der Waals surface area contributed by atoms with E-state index < -0.39 is 0 Å². The Kier molecular flexibility index (Phi) is 7.29. The molecule has 8 heteroatoms. The molecular weight excluding hydrogens is 446 g/mol. The second-order valence-corrected chi connectivity index (χ2v) is 9.15. The van der Waals surface area contributed by atoms with E-state index in [9.17, 15) is 4.79 Å². The van der Waals surface area contributed by atoms with Crippen LogP contribution in [0, 0.1) is 12.8 Å². The largest absolute Gasteiger partial charge is 0.383 e. The Hall–Kier alpha value is -3.23. The summed E-state index contributed by atoms with van der Waals surface area (Å²) in [6, 6.07) is 15.9. The third-order valence-electron chi connectivity index (χ3n) is 6.07. The number of anilines is 2. The summed E-state index contributed by atoms with van der Waals surface area (Å²) < 4.78 is 7.54. The predicted octanol–water partition coefficient (Wildman–Crippen LogP) is 4.61. The fourth-order valence-electron chi connectivity index (χ4n) is 4.24. The molecule has 1 aliphatic rings. The molecule has 178 valence electrons. The third-order valence-corrected chi connectivity index (χ3v) is 6.39. The third kappa shape index (κ3) is 4.83. The number of amides is 1. The first kappa shape index (κ1) is 23.9. The van der Waals surface area contributed by atoms with E-state index in [0.29, 0.717) is 11.7 Å². The first-order valence-electron chi connectivity index (χ1n) is 11.5. The molecule has 2 aromatic heterocycles. The molecule has 1 saturated heterocycles. The molecular formula is C26H31N5O2S. The van der Waals surface area contributed by atoms with Gasteiger partial charge in [-0.3, -0.25) is 9.78 Å². The van der Waals surface area contributed by atoms with E-state index >= 15 is 0 Å². The molecule has 1 aromatic carbocycles. The smallest absolute Gasteiger partial charge is 0.226 e. The van der Waals surface area contributed by atoms with Crippen LogP contribution in [-0.2, 0) is 16.1 Å². The number of nitrogens with zero attached hydrogens (tertiary/aromatic N) is 3. The molecule has 0 radical (unpaired) electrons. The maximum absolute atomic E-state index is 12.2. The highest BCUT2D eigenvalue weighted by molar-refractivity contribution is 7.80. The number of methoxy groups -OCH3 is 1. The molecule has 1 aliphatic heterocycles. The molecule has 0 spiro atoms. The maximum atomic E-state index is 12.2. The molecule has 3 aromatic rings. The minimum Gasteiger partial charge on any atom is -0.383 e. The van der Waals surface area contributed by atoms with Gasteiger partial charge < -0.3 is 24.8 Å². The normalized spacial score (nSPS) is 17.8. The van der Waals surface area contributed by atoms with Crippen molar-refractivity contribution in [1.29, 1.82) is 0 Å². The first-order chi connectivity index (χ1) is 16.4. The molecule has 1 amide bonds. The number of carbonyl (C=O) groups is 1. The van der Waals surface area contributed by atoms with Gasteiger partial charge in [-0.25, -0.2) is 0 Å². The summed E-state index contributed by atoms with van der Waals surface area (Å²) in [7, 11) is 1.71. The van der Waals surface area contributed by atoms with Crippen LogP contribution in [0.15, 0.2) is 60.9 Å². The average Bonchev–Trinajstić information content (AvgIpc) is 3.43. The molecule has 2 atom stereocenters. The zero-order chi connectivity index (χ0) is 24.2. The Labute approximate surface area is 206 Å². The van der Waals surface area contributed by atoms with Gasteiger partial charge >= 0.3 is 0 Å². The highest BCUT2D eigenvalue weighted by Gasteiger charge is 2.42. The summed E-state index contributed by atoms with van der Waals surface area (Å²) in [4.78, 5) is 19.0.